The topological polar surface area (TPSA) is 114 Å². The number of fused-ring (bicyclic) bond motifs is 1. The molecule has 2 fully saturated rings. The Bertz CT molecular complexity index is 1430. The second-order valence-corrected chi connectivity index (χ2v) is 11.6. The molecule has 0 N–H and O–H groups in total. The number of imide groups is 1. The third kappa shape index (κ3) is 4.71. The molecule has 2 aromatic carbocycles. The predicted octanol–water partition coefficient (Wildman–Crippen LogP) is 3.18. The summed E-state index contributed by atoms with van der Waals surface area (Å²) in [5.41, 5.74) is 1.26. The summed E-state index contributed by atoms with van der Waals surface area (Å²) in [4.78, 5) is 45.5. The number of amides is 3. The first-order chi connectivity index (χ1) is 16.7. The van der Waals surface area contributed by atoms with Crippen molar-refractivity contribution in [3.05, 3.63) is 48.0 Å². The molecule has 182 valence electrons. The zero-order valence-electron chi connectivity index (χ0n) is 19.0. The van der Waals surface area contributed by atoms with E-state index in [1.54, 1.807) is 36.4 Å². The van der Waals surface area contributed by atoms with Crippen molar-refractivity contribution in [1.82, 2.24) is 4.98 Å². The van der Waals surface area contributed by atoms with Crippen LogP contribution in [0.5, 0.6) is 0 Å². The Labute approximate surface area is 206 Å². The summed E-state index contributed by atoms with van der Waals surface area (Å²) in [7, 11) is -3.39. The Morgan fingerprint density at radius 3 is 2.63 bits per heavy atom. The lowest BCUT2D eigenvalue weighted by Crippen LogP contribution is -2.37. The number of thiazole rings is 1. The van der Waals surface area contributed by atoms with Gasteiger partial charge < -0.3 is 4.74 Å². The molecule has 1 aromatic heterocycles. The molecular formula is C24H23N3O6S2. The van der Waals surface area contributed by atoms with Gasteiger partial charge in [-0.2, -0.15) is 0 Å². The van der Waals surface area contributed by atoms with Crippen molar-refractivity contribution in [2.75, 3.05) is 29.2 Å². The quantitative estimate of drug-likeness (QED) is 0.465. The van der Waals surface area contributed by atoms with Crippen molar-refractivity contribution in [1.29, 1.82) is 0 Å². The zero-order valence-corrected chi connectivity index (χ0v) is 20.6. The van der Waals surface area contributed by atoms with E-state index in [0.717, 1.165) is 24.0 Å². The Morgan fingerprint density at radius 1 is 1.17 bits per heavy atom. The molecule has 5 rings (SSSR count). The van der Waals surface area contributed by atoms with Gasteiger partial charge in [0.25, 0.3) is 5.91 Å². The summed E-state index contributed by atoms with van der Waals surface area (Å²) in [6.07, 6.45) is 3.02. The zero-order chi connectivity index (χ0) is 24.7. The molecule has 3 amide bonds. The number of hydrogen-bond donors (Lipinski definition) is 0. The fourth-order valence-corrected chi connectivity index (χ4v) is 6.01. The Kier molecular flexibility index (Phi) is 6.16. The third-order valence-electron chi connectivity index (χ3n) is 6.07. The van der Waals surface area contributed by atoms with Crippen LogP contribution in [0.2, 0.25) is 0 Å². The Morgan fingerprint density at radius 2 is 1.94 bits per heavy atom. The molecular weight excluding hydrogens is 490 g/mol. The SMILES string of the molecule is CS(=O)(=O)c1ccc2nc(N(CC3CCCO3)C(=O)c3cccc(N4C(=O)CCC4=O)c3)sc2c1. The van der Waals surface area contributed by atoms with Gasteiger partial charge in [-0.1, -0.05) is 17.4 Å². The molecule has 0 aliphatic carbocycles. The minimum atomic E-state index is -3.39. The minimum Gasteiger partial charge on any atom is -0.376 e. The molecule has 0 bridgehead atoms. The van der Waals surface area contributed by atoms with Crippen LogP contribution in [-0.4, -0.2) is 56.6 Å². The fraction of sp³-hybridized carbons (Fsp3) is 0.333. The molecule has 1 atom stereocenters. The molecule has 0 spiro atoms. The maximum Gasteiger partial charge on any atom is 0.260 e. The number of rotatable bonds is 6. The first-order valence-corrected chi connectivity index (χ1v) is 13.9. The second-order valence-electron chi connectivity index (χ2n) is 8.62. The number of nitrogens with zero attached hydrogens (tertiary/aromatic N) is 3. The lowest BCUT2D eigenvalue weighted by Gasteiger charge is -2.23. The van der Waals surface area contributed by atoms with E-state index in [1.807, 2.05) is 0 Å². The fourth-order valence-electron chi connectivity index (χ4n) is 4.28. The monoisotopic (exact) mass is 513 g/mol. The summed E-state index contributed by atoms with van der Waals surface area (Å²) in [6.45, 7) is 0.905. The highest BCUT2D eigenvalue weighted by Gasteiger charge is 2.32. The third-order valence-corrected chi connectivity index (χ3v) is 8.22. The molecule has 2 aliphatic heterocycles. The lowest BCUT2D eigenvalue weighted by atomic mass is 10.1. The number of anilines is 2. The van der Waals surface area contributed by atoms with E-state index in [4.69, 9.17) is 4.74 Å². The highest BCUT2D eigenvalue weighted by Crippen LogP contribution is 2.33. The minimum absolute atomic E-state index is 0.150. The van der Waals surface area contributed by atoms with E-state index in [1.165, 1.54) is 22.3 Å². The van der Waals surface area contributed by atoms with Crippen molar-refractivity contribution in [3.63, 3.8) is 0 Å². The Hall–Kier alpha value is -3.15. The van der Waals surface area contributed by atoms with Crippen LogP contribution in [0, 0.1) is 0 Å². The summed E-state index contributed by atoms with van der Waals surface area (Å²) in [5, 5.41) is 0.421. The van der Waals surface area contributed by atoms with Gasteiger partial charge in [0.15, 0.2) is 15.0 Å². The molecule has 1 unspecified atom stereocenters. The molecule has 9 nitrogen and oxygen atoms in total. The average Bonchev–Trinajstić information content (AvgIpc) is 3.56. The predicted molar refractivity (Wildman–Crippen MR) is 132 cm³/mol. The van der Waals surface area contributed by atoms with E-state index < -0.39 is 9.84 Å². The lowest BCUT2D eigenvalue weighted by molar-refractivity contribution is -0.121. The van der Waals surface area contributed by atoms with Gasteiger partial charge >= 0.3 is 0 Å². The van der Waals surface area contributed by atoms with Crippen molar-refractivity contribution in [2.24, 2.45) is 0 Å². The highest BCUT2D eigenvalue weighted by atomic mass is 32.2. The molecule has 11 heteroatoms. The Balaban J connectivity index is 1.52. The van der Waals surface area contributed by atoms with Gasteiger partial charge in [-0.3, -0.25) is 24.2 Å². The van der Waals surface area contributed by atoms with E-state index in [-0.39, 0.29) is 48.1 Å². The van der Waals surface area contributed by atoms with Crippen LogP contribution >= 0.6 is 11.3 Å². The van der Waals surface area contributed by atoms with Gasteiger partial charge in [0.1, 0.15) is 0 Å². The van der Waals surface area contributed by atoms with Gasteiger partial charge in [-0.15, -0.1) is 0 Å². The smallest absolute Gasteiger partial charge is 0.260 e. The van der Waals surface area contributed by atoms with Crippen LogP contribution in [0.25, 0.3) is 10.2 Å². The number of aromatic nitrogens is 1. The summed E-state index contributed by atoms with van der Waals surface area (Å²) in [6, 6.07) is 11.1. The number of carbonyl (C=O) groups excluding carboxylic acids is 3. The molecule has 3 heterocycles. The van der Waals surface area contributed by atoms with Crippen LogP contribution in [0.15, 0.2) is 47.4 Å². The number of ether oxygens (including phenoxy) is 1. The highest BCUT2D eigenvalue weighted by molar-refractivity contribution is 7.90. The number of sulfone groups is 1. The molecule has 2 aliphatic rings. The molecule has 2 saturated heterocycles. The largest absolute Gasteiger partial charge is 0.376 e. The van der Waals surface area contributed by atoms with Crippen molar-refractivity contribution in [3.8, 4) is 0 Å². The van der Waals surface area contributed by atoms with Gasteiger partial charge in [-0.25, -0.2) is 13.4 Å². The van der Waals surface area contributed by atoms with Crippen LogP contribution < -0.4 is 9.80 Å². The van der Waals surface area contributed by atoms with Crippen LogP contribution in [-0.2, 0) is 24.2 Å². The normalized spacial score (nSPS) is 18.5. The second kappa shape index (κ2) is 9.14. The number of benzene rings is 2. The van der Waals surface area contributed by atoms with Crippen molar-refractivity contribution in [2.45, 2.75) is 36.7 Å². The first kappa shape index (κ1) is 23.6. The van der Waals surface area contributed by atoms with E-state index in [2.05, 4.69) is 4.98 Å². The maximum atomic E-state index is 13.7. The number of hydrogen-bond acceptors (Lipinski definition) is 8. The van der Waals surface area contributed by atoms with Crippen molar-refractivity contribution < 1.29 is 27.5 Å². The molecule has 0 saturated carbocycles. The standard InChI is InChI=1S/C24H23N3O6S2/c1-35(31,32)18-7-8-19-20(13-18)34-24(25-19)26(14-17-6-3-11-33-17)23(30)15-4-2-5-16(12-15)27-21(28)9-10-22(27)29/h2,4-5,7-8,12-13,17H,3,6,9-11,14H2,1H3. The van der Waals surface area contributed by atoms with E-state index in [0.29, 0.717) is 33.2 Å². The van der Waals surface area contributed by atoms with Gasteiger partial charge in [-0.05, 0) is 49.2 Å². The van der Waals surface area contributed by atoms with Gasteiger partial charge in [0.05, 0.1) is 33.4 Å². The van der Waals surface area contributed by atoms with Gasteiger partial charge in [0.2, 0.25) is 11.8 Å². The van der Waals surface area contributed by atoms with E-state index >= 15 is 0 Å². The maximum absolute atomic E-state index is 13.7. The molecule has 0 radical (unpaired) electrons. The van der Waals surface area contributed by atoms with E-state index in [9.17, 15) is 22.8 Å². The van der Waals surface area contributed by atoms with Crippen molar-refractivity contribution >= 4 is 59.9 Å². The number of carbonyl (C=O) groups is 3. The summed E-state index contributed by atoms with van der Waals surface area (Å²) < 4.78 is 30.4. The summed E-state index contributed by atoms with van der Waals surface area (Å²) in [5.74, 6) is -0.920. The van der Waals surface area contributed by atoms with Gasteiger partial charge in [0, 0.05) is 31.3 Å². The molecule has 35 heavy (non-hydrogen) atoms. The van der Waals surface area contributed by atoms with Crippen LogP contribution in [0.1, 0.15) is 36.0 Å². The summed E-state index contributed by atoms with van der Waals surface area (Å²) >= 11 is 1.23. The first-order valence-electron chi connectivity index (χ1n) is 11.2. The molecule has 3 aromatic rings. The average molecular weight is 514 g/mol. The van der Waals surface area contributed by atoms with Crippen LogP contribution in [0.3, 0.4) is 0 Å². The van der Waals surface area contributed by atoms with Crippen LogP contribution in [0.4, 0.5) is 10.8 Å².